The van der Waals surface area contributed by atoms with Gasteiger partial charge >= 0.3 is 0 Å². The first-order valence-corrected chi connectivity index (χ1v) is 12.2. The van der Waals surface area contributed by atoms with E-state index in [1.807, 2.05) is 4.90 Å². The fourth-order valence-electron chi connectivity index (χ4n) is 3.13. The number of nitro groups is 1. The summed E-state index contributed by atoms with van der Waals surface area (Å²) in [4.78, 5) is 12.1. The van der Waals surface area contributed by atoms with E-state index < -0.39 is 30.5 Å². The molecule has 0 unspecified atom stereocenters. The first-order chi connectivity index (χ1) is 13.7. The Bertz CT molecular complexity index is 1070. The molecule has 1 aliphatic rings. The zero-order chi connectivity index (χ0) is 21.1. The van der Waals surface area contributed by atoms with Crippen LogP contribution in [-0.4, -0.2) is 64.3 Å². The molecule has 2 aromatic rings. The highest BCUT2D eigenvalue weighted by Gasteiger charge is 2.32. The Morgan fingerprint density at radius 1 is 1.00 bits per heavy atom. The van der Waals surface area contributed by atoms with Crippen LogP contribution in [0.15, 0.2) is 59.5 Å². The van der Waals surface area contributed by atoms with E-state index in [2.05, 4.69) is 0 Å². The molecule has 1 heterocycles. The summed E-state index contributed by atoms with van der Waals surface area (Å²) in [6.45, 7) is 1.01. The van der Waals surface area contributed by atoms with Crippen molar-refractivity contribution in [1.82, 2.24) is 4.90 Å². The molecule has 0 radical (unpaired) electrons. The van der Waals surface area contributed by atoms with Gasteiger partial charge in [-0.05, 0) is 18.2 Å². The van der Waals surface area contributed by atoms with E-state index >= 15 is 0 Å². The van der Waals surface area contributed by atoms with Gasteiger partial charge in [0.1, 0.15) is 0 Å². The van der Waals surface area contributed by atoms with Gasteiger partial charge in [-0.2, -0.15) is 0 Å². The summed E-state index contributed by atoms with van der Waals surface area (Å²) in [5.74, 6) is 0.0739. The summed E-state index contributed by atoms with van der Waals surface area (Å²) in [6.07, 6.45) is 0. The monoisotopic (exact) mass is 439 g/mol. The highest BCUT2D eigenvalue weighted by Crippen LogP contribution is 2.29. The Hall–Kier alpha value is -2.50. The molecular formula is C18H21N3O6S2. The van der Waals surface area contributed by atoms with Crippen molar-refractivity contribution in [3.63, 3.8) is 0 Å². The van der Waals surface area contributed by atoms with Gasteiger partial charge in [0, 0.05) is 32.2 Å². The third-order valence-electron chi connectivity index (χ3n) is 4.73. The molecule has 0 atom stereocenters. The molecule has 11 heteroatoms. The summed E-state index contributed by atoms with van der Waals surface area (Å²) < 4.78 is 51.0. The van der Waals surface area contributed by atoms with Crippen LogP contribution in [-0.2, 0) is 19.9 Å². The molecule has 156 valence electrons. The maximum Gasteiger partial charge on any atom is 0.289 e. The highest BCUT2D eigenvalue weighted by molar-refractivity contribution is 7.93. The number of nitro benzene ring substituents is 1. The van der Waals surface area contributed by atoms with E-state index in [1.165, 1.54) is 18.2 Å². The predicted molar refractivity (Wildman–Crippen MR) is 109 cm³/mol. The molecule has 9 nitrogen and oxygen atoms in total. The zero-order valence-electron chi connectivity index (χ0n) is 15.5. The number of hydrogen-bond acceptors (Lipinski definition) is 7. The van der Waals surface area contributed by atoms with Gasteiger partial charge in [-0.25, -0.2) is 16.8 Å². The minimum absolute atomic E-state index is 0.0369. The molecule has 0 bridgehead atoms. The quantitative estimate of drug-likeness (QED) is 0.474. The molecule has 29 heavy (non-hydrogen) atoms. The van der Waals surface area contributed by atoms with E-state index in [9.17, 15) is 26.9 Å². The van der Waals surface area contributed by atoms with Crippen LogP contribution in [0.1, 0.15) is 0 Å². The van der Waals surface area contributed by atoms with Crippen LogP contribution < -0.4 is 4.31 Å². The SMILES string of the molecule is O=[N+]([O-])c1ccccc1S(=O)(=O)N(CCN1CCS(=O)(=O)CC1)c1ccccc1. The number of sulfonamides is 1. The maximum absolute atomic E-state index is 13.3. The van der Waals surface area contributed by atoms with Crippen molar-refractivity contribution in [1.29, 1.82) is 0 Å². The van der Waals surface area contributed by atoms with E-state index in [0.29, 0.717) is 25.3 Å². The molecule has 0 aliphatic carbocycles. The molecule has 1 fully saturated rings. The van der Waals surface area contributed by atoms with E-state index in [4.69, 9.17) is 0 Å². The van der Waals surface area contributed by atoms with Gasteiger partial charge in [0.15, 0.2) is 14.7 Å². The molecule has 0 saturated carbocycles. The van der Waals surface area contributed by atoms with Crippen molar-refractivity contribution in [3.05, 3.63) is 64.7 Å². The molecule has 1 aliphatic heterocycles. The number of para-hydroxylation sites is 2. The number of benzene rings is 2. The second kappa shape index (κ2) is 8.47. The Labute approximate surface area is 169 Å². The van der Waals surface area contributed by atoms with Crippen LogP contribution in [0.2, 0.25) is 0 Å². The molecule has 0 aromatic heterocycles. The second-order valence-corrected chi connectivity index (χ2v) is 10.8. The molecule has 0 N–H and O–H groups in total. The average molecular weight is 440 g/mol. The Morgan fingerprint density at radius 3 is 2.21 bits per heavy atom. The molecule has 0 amide bonds. The lowest BCUT2D eigenvalue weighted by Crippen LogP contribution is -2.45. The van der Waals surface area contributed by atoms with Crippen molar-refractivity contribution in [2.75, 3.05) is 42.0 Å². The zero-order valence-corrected chi connectivity index (χ0v) is 17.2. The van der Waals surface area contributed by atoms with Gasteiger partial charge < -0.3 is 0 Å². The van der Waals surface area contributed by atoms with Gasteiger partial charge in [0.2, 0.25) is 0 Å². The largest absolute Gasteiger partial charge is 0.300 e. The first-order valence-electron chi connectivity index (χ1n) is 8.95. The number of hydrogen-bond donors (Lipinski definition) is 0. The number of sulfone groups is 1. The molecule has 2 aromatic carbocycles. The summed E-state index contributed by atoms with van der Waals surface area (Å²) in [6, 6.07) is 13.6. The van der Waals surface area contributed by atoms with Gasteiger partial charge in [-0.15, -0.1) is 0 Å². The fraction of sp³-hybridized carbons (Fsp3) is 0.333. The minimum atomic E-state index is -4.21. The number of rotatable bonds is 7. The maximum atomic E-state index is 13.3. The molecule has 0 spiro atoms. The van der Waals surface area contributed by atoms with Gasteiger partial charge in [0.25, 0.3) is 15.7 Å². The average Bonchev–Trinajstić information content (AvgIpc) is 2.70. The minimum Gasteiger partial charge on any atom is -0.300 e. The summed E-state index contributed by atoms with van der Waals surface area (Å²) in [7, 11) is -7.25. The van der Waals surface area contributed by atoms with Crippen LogP contribution >= 0.6 is 0 Å². The Balaban J connectivity index is 1.91. The number of anilines is 1. The second-order valence-electron chi connectivity index (χ2n) is 6.63. The standard InChI is InChI=1S/C18H21N3O6S2/c22-21(23)17-8-4-5-9-18(17)29(26,27)20(16-6-2-1-3-7-16)11-10-19-12-14-28(24,25)15-13-19/h1-9H,10-15H2. The van der Waals surface area contributed by atoms with Gasteiger partial charge in [0.05, 0.1) is 22.1 Å². The van der Waals surface area contributed by atoms with Gasteiger partial charge in [-0.1, -0.05) is 30.3 Å². The van der Waals surface area contributed by atoms with Crippen molar-refractivity contribution < 1.29 is 21.8 Å². The van der Waals surface area contributed by atoms with Crippen LogP contribution in [0.5, 0.6) is 0 Å². The predicted octanol–water partition coefficient (Wildman–Crippen LogP) is 1.52. The molecule has 1 saturated heterocycles. The fourth-order valence-corrected chi connectivity index (χ4v) is 6.03. The van der Waals surface area contributed by atoms with E-state index in [0.717, 1.165) is 10.4 Å². The highest BCUT2D eigenvalue weighted by atomic mass is 32.2. The Kier molecular flexibility index (Phi) is 6.20. The smallest absolute Gasteiger partial charge is 0.289 e. The van der Waals surface area contributed by atoms with Crippen molar-refractivity contribution in [2.45, 2.75) is 4.90 Å². The van der Waals surface area contributed by atoms with Gasteiger partial charge in [-0.3, -0.25) is 19.3 Å². The lowest BCUT2D eigenvalue weighted by molar-refractivity contribution is -0.387. The summed E-state index contributed by atoms with van der Waals surface area (Å²) >= 11 is 0. The van der Waals surface area contributed by atoms with E-state index in [1.54, 1.807) is 30.3 Å². The van der Waals surface area contributed by atoms with Crippen molar-refractivity contribution in [3.8, 4) is 0 Å². The van der Waals surface area contributed by atoms with Crippen LogP contribution in [0.3, 0.4) is 0 Å². The Morgan fingerprint density at radius 2 is 1.59 bits per heavy atom. The van der Waals surface area contributed by atoms with Crippen LogP contribution in [0, 0.1) is 10.1 Å². The molecular weight excluding hydrogens is 418 g/mol. The topological polar surface area (TPSA) is 118 Å². The van der Waals surface area contributed by atoms with Crippen molar-refractivity contribution >= 4 is 31.2 Å². The van der Waals surface area contributed by atoms with E-state index in [-0.39, 0.29) is 22.9 Å². The lowest BCUT2D eigenvalue weighted by atomic mass is 10.3. The first kappa shape index (κ1) is 21.2. The number of nitrogens with zero attached hydrogens (tertiary/aromatic N) is 3. The lowest BCUT2D eigenvalue weighted by Gasteiger charge is -2.30. The third-order valence-corrected chi connectivity index (χ3v) is 8.21. The molecule has 3 rings (SSSR count). The summed E-state index contributed by atoms with van der Waals surface area (Å²) in [5.41, 5.74) is -0.104. The third kappa shape index (κ3) is 4.92. The summed E-state index contributed by atoms with van der Waals surface area (Å²) in [5, 5.41) is 11.4. The van der Waals surface area contributed by atoms with Crippen LogP contribution in [0.4, 0.5) is 11.4 Å². The van der Waals surface area contributed by atoms with Crippen molar-refractivity contribution in [2.24, 2.45) is 0 Å². The normalized spacial score (nSPS) is 17.0. The van der Waals surface area contributed by atoms with Crippen LogP contribution in [0.25, 0.3) is 0 Å².